The summed E-state index contributed by atoms with van der Waals surface area (Å²) in [6, 6.07) is -0.826. The number of H-pyrrole nitrogens is 1. The monoisotopic (exact) mass is 460 g/mol. The first kappa shape index (κ1) is 25.5. The fourth-order valence-corrected chi connectivity index (χ4v) is 5.25. The smallest absolute Gasteiger partial charge is 0.347 e. The van der Waals surface area contributed by atoms with Crippen molar-refractivity contribution in [1.82, 2.24) is 19.9 Å². The summed E-state index contributed by atoms with van der Waals surface area (Å²) in [6.07, 6.45) is 0.862. The zero-order chi connectivity index (χ0) is 23.3. The highest BCUT2D eigenvalue weighted by Gasteiger charge is 2.46. The first-order valence-corrected chi connectivity index (χ1v) is 12.7. The van der Waals surface area contributed by atoms with E-state index in [-0.39, 0.29) is 6.10 Å². The van der Waals surface area contributed by atoms with Crippen LogP contribution < -0.4 is 16.3 Å². The Labute approximate surface area is 181 Å². The van der Waals surface area contributed by atoms with Gasteiger partial charge in [-0.1, -0.05) is 27.7 Å². The van der Waals surface area contributed by atoms with E-state index in [1.54, 1.807) is 13.8 Å². The number of esters is 1. The van der Waals surface area contributed by atoms with Crippen LogP contribution in [0.15, 0.2) is 15.8 Å². The van der Waals surface area contributed by atoms with Crippen molar-refractivity contribution < 1.29 is 23.4 Å². The normalized spacial score (nSPS) is 26.5. The lowest BCUT2D eigenvalue weighted by molar-refractivity contribution is -0.151. The Morgan fingerprint density at radius 1 is 1.35 bits per heavy atom. The summed E-state index contributed by atoms with van der Waals surface area (Å²) in [5, 5.41) is 6.61. The predicted octanol–water partition coefficient (Wildman–Crippen LogP) is 1.79. The molecule has 1 aromatic heterocycles. The molecule has 6 atom stereocenters. The van der Waals surface area contributed by atoms with Gasteiger partial charge >= 0.3 is 11.7 Å². The van der Waals surface area contributed by atoms with Crippen molar-refractivity contribution in [3.05, 3.63) is 27.0 Å². The van der Waals surface area contributed by atoms with Gasteiger partial charge in [0.25, 0.3) is 13.1 Å². The van der Waals surface area contributed by atoms with Crippen molar-refractivity contribution in [3.63, 3.8) is 0 Å². The highest BCUT2D eigenvalue weighted by atomic mass is 31.2. The molecule has 0 spiro atoms. The Bertz CT molecular complexity index is 913. The molecule has 0 aliphatic carbocycles. The van der Waals surface area contributed by atoms with Crippen molar-refractivity contribution in [3.8, 4) is 0 Å². The topological polar surface area (TPSA) is 142 Å². The second-order valence-electron chi connectivity index (χ2n) is 7.86. The zero-order valence-corrected chi connectivity index (χ0v) is 19.8. The molecule has 1 saturated heterocycles. The molecular weight excluding hydrogens is 427 g/mol. The Morgan fingerprint density at radius 2 is 2.00 bits per heavy atom. The lowest BCUT2D eigenvalue weighted by Gasteiger charge is -2.27. The minimum absolute atomic E-state index is 0.189. The molecule has 0 bridgehead atoms. The first-order chi connectivity index (χ1) is 14.5. The summed E-state index contributed by atoms with van der Waals surface area (Å²) in [6.45, 7) is 10.5. The quantitative estimate of drug-likeness (QED) is 0.395. The van der Waals surface area contributed by atoms with Gasteiger partial charge in [-0.25, -0.2) is 9.88 Å². The fourth-order valence-electron chi connectivity index (χ4n) is 3.59. The summed E-state index contributed by atoms with van der Waals surface area (Å²) in [5.74, 6) is -0.896. The van der Waals surface area contributed by atoms with Gasteiger partial charge < -0.3 is 14.0 Å². The number of rotatable bonds is 10. The second-order valence-corrected chi connectivity index (χ2v) is 10.0. The largest absolute Gasteiger partial charge is 0.461 e. The number of hydrogen-bond acceptors (Lipinski definition) is 8. The molecule has 12 heteroatoms. The minimum atomic E-state index is -3.43. The Kier molecular flexibility index (Phi) is 8.76. The number of ether oxygens (including phenoxy) is 2. The zero-order valence-electron chi connectivity index (χ0n) is 18.9. The molecule has 2 rings (SSSR count). The summed E-state index contributed by atoms with van der Waals surface area (Å²) in [4.78, 5) is 37.9. The number of aromatic nitrogens is 3. The third kappa shape index (κ3) is 6.35. The van der Waals surface area contributed by atoms with Crippen LogP contribution >= 0.6 is 7.52 Å². The van der Waals surface area contributed by atoms with Gasteiger partial charge in [-0.3, -0.25) is 19.1 Å². The molecule has 11 nitrogen and oxygen atoms in total. The Balaban J connectivity index is 2.12. The van der Waals surface area contributed by atoms with Crippen LogP contribution in [-0.2, 0) is 23.4 Å². The highest BCUT2D eigenvalue weighted by molar-refractivity contribution is 7.56. The third-order valence-electron chi connectivity index (χ3n) is 5.33. The molecule has 0 amide bonds. The molecule has 1 unspecified atom stereocenters. The van der Waals surface area contributed by atoms with Crippen molar-refractivity contribution in [2.75, 3.05) is 6.66 Å². The van der Waals surface area contributed by atoms with Gasteiger partial charge in [-0.15, -0.1) is 0 Å². The van der Waals surface area contributed by atoms with Crippen molar-refractivity contribution >= 4 is 13.5 Å². The van der Waals surface area contributed by atoms with E-state index in [0.29, 0.717) is 19.3 Å². The van der Waals surface area contributed by atoms with E-state index in [2.05, 4.69) is 15.2 Å². The van der Waals surface area contributed by atoms with Crippen LogP contribution in [0.4, 0.5) is 0 Å². The van der Waals surface area contributed by atoms with Gasteiger partial charge in [0, 0.05) is 12.6 Å². The molecule has 2 N–H and O–H groups in total. The van der Waals surface area contributed by atoms with Crippen LogP contribution in [0, 0.1) is 5.92 Å². The molecule has 2 heterocycles. The summed E-state index contributed by atoms with van der Waals surface area (Å²) in [7, 11) is -3.43. The third-order valence-corrected chi connectivity index (χ3v) is 6.83. The van der Waals surface area contributed by atoms with E-state index in [1.165, 1.54) is 6.66 Å². The molecular formula is C19H33N4O7P. The Morgan fingerprint density at radius 3 is 2.55 bits per heavy atom. The van der Waals surface area contributed by atoms with Crippen molar-refractivity contribution in [1.29, 1.82) is 0 Å². The van der Waals surface area contributed by atoms with E-state index >= 15 is 0 Å². The number of carbonyl (C=O) groups excluding carboxylic acids is 1. The maximum Gasteiger partial charge on any atom is 0.347 e. The average molecular weight is 460 g/mol. The van der Waals surface area contributed by atoms with E-state index in [4.69, 9.17) is 14.0 Å². The molecule has 0 aromatic carbocycles. The Hall–Kier alpha value is -1.81. The van der Waals surface area contributed by atoms with E-state index < -0.39 is 55.1 Å². The SMILES string of the molecule is CCC(CC)OC(=O)[C@H](C)NP(C)(=O)O[C@H]1[C@@H](C)[C@H](n2ncc(=O)[nH]c2=O)O[C@@H]1CC. The molecule has 1 aromatic rings. The number of carbonyl (C=O) groups is 1. The van der Waals surface area contributed by atoms with Crippen LogP contribution in [0.1, 0.15) is 60.1 Å². The molecule has 0 radical (unpaired) electrons. The van der Waals surface area contributed by atoms with Crippen LogP contribution in [0.3, 0.4) is 0 Å². The molecule has 1 aliphatic rings. The summed E-state index contributed by atoms with van der Waals surface area (Å²) < 4.78 is 31.4. The number of aromatic amines is 1. The van der Waals surface area contributed by atoms with Gasteiger partial charge in [0.15, 0.2) is 6.23 Å². The molecule has 0 saturated carbocycles. The highest BCUT2D eigenvalue weighted by Crippen LogP contribution is 2.47. The lowest BCUT2D eigenvalue weighted by atomic mass is 10.0. The van der Waals surface area contributed by atoms with E-state index in [1.807, 2.05) is 20.8 Å². The van der Waals surface area contributed by atoms with Gasteiger partial charge in [-0.05, 0) is 26.2 Å². The number of nitrogens with zero attached hydrogens (tertiary/aromatic N) is 2. The van der Waals surface area contributed by atoms with Gasteiger partial charge in [0.1, 0.15) is 18.3 Å². The van der Waals surface area contributed by atoms with Crippen molar-refractivity contribution in [2.45, 2.75) is 84.5 Å². The lowest BCUT2D eigenvalue weighted by Crippen LogP contribution is -2.38. The maximum absolute atomic E-state index is 13.1. The maximum atomic E-state index is 13.1. The minimum Gasteiger partial charge on any atom is -0.461 e. The average Bonchev–Trinajstić information content (AvgIpc) is 3.00. The van der Waals surface area contributed by atoms with Gasteiger partial charge in [0.05, 0.1) is 12.2 Å². The standard InChI is InChI=1S/C19H33N4O7P/c1-7-13(8-2)28-18(25)12(5)22-31(6,27)30-16-11(4)17(29-14(16)9-3)23-19(26)21-15(24)10-20-23/h10-14,16-17H,7-9H2,1-6H3,(H,22,27)(H,21,24,26)/t11-,12+,14-,16+,17-,31?/m1/s1. The van der Waals surface area contributed by atoms with Crippen LogP contribution in [0.2, 0.25) is 0 Å². The molecule has 176 valence electrons. The van der Waals surface area contributed by atoms with Gasteiger partial charge in [-0.2, -0.15) is 9.78 Å². The molecule has 31 heavy (non-hydrogen) atoms. The second kappa shape index (κ2) is 10.7. The van der Waals surface area contributed by atoms with Crippen molar-refractivity contribution in [2.24, 2.45) is 5.92 Å². The number of hydrogen-bond donors (Lipinski definition) is 2. The van der Waals surface area contributed by atoms with Crippen LogP contribution in [0.25, 0.3) is 0 Å². The molecule has 1 fully saturated rings. The summed E-state index contributed by atoms with van der Waals surface area (Å²) >= 11 is 0. The fraction of sp³-hybridized carbons (Fsp3) is 0.789. The molecule has 1 aliphatic heterocycles. The first-order valence-electron chi connectivity index (χ1n) is 10.6. The van der Waals surface area contributed by atoms with Crippen LogP contribution in [-0.4, -0.2) is 51.8 Å². The van der Waals surface area contributed by atoms with E-state index in [0.717, 1.165) is 10.9 Å². The van der Waals surface area contributed by atoms with E-state index in [9.17, 15) is 18.9 Å². The number of nitrogens with one attached hydrogen (secondary N) is 2. The predicted molar refractivity (Wildman–Crippen MR) is 114 cm³/mol. The summed E-state index contributed by atoms with van der Waals surface area (Å²) in [5.41, 5.74) is -1.31. The van der Waals surface area contributed by atoms with Crippen LogP contribution in [0.5, 0.6) is 0 Å². The van der Waals surface area contributed by atoms with Gasteiger partial charge in [0.2, 0.25) is 0 Å².